The van der Waals surface area contributed by atoms with Gasteiger partial charge in [0.1, 0.15) is 13.2 Å². The molecule has 1 aromatic rings. The summed E-state index contributed by atoms with van der Waals surface area (Å²) in [5, 5.41) is 0. The summed E-state index contributed by atoms with van der Waals surface area (Å²) in [5.41, 5.74) is 6.80. The number of ether oxygens (including phenoxy) is 2. The molecule has 5 heteroatoms. The Balaban J connectivity index is 1.49. The first-order valence-electron chi connectivity index (χ1n) is 7.13. The van der Waals surface area contributed by atoms with E-state index in [9.17, 15) is 4.79 Å². The van der Waals surface area contributed by atoms with Gasteiger partial charge in [0.2, 0.25) is 0 Å². The first-order valence-corrected chi connectivity index (χ1v) is 7.13. The number of carbonyl (C=O) groups excluding carboxylic acids is 1. The van der Waals surface area contributed by atoms with E-state index in [-0.39, 0.29) is 11.4 Å². The lowest BCUT2D eigenvalue weighted by Crippen LogP contribution is -2.69. The van der Waals surface area contributed by atoms with Crippen LogP contribution >= 0.6 is 0 Å². The predicted octanol–water partition coefficient (Wildman–Crippen LogP) is 1.02. The van der Waals surface area contributed by atoms with Crippen molar-refractivity contribution in [2.45, 2.75) is 18.4 Å². The van der Waals surface area contributed by atoms with Gasteiger partial charge >= 0.3 is 0 Å². The van der Waals surface area contributed by atoms with Gasteiger partial charge in [-0.15, -0.1) is 0 Å². The molecule has 1 saturated carbocycles. The molecule has 20 heavy (non-hydrogen) atoms. The van der Waals surface area contributed by atoms with Crippen molar-refractivity contribution in [2.75, 3.05) is 26.3 Å². The molecule has 0 spiro atoms. The molecule has 106 valence electrons. The number of hydrogen-bond acceptors (Lipinski definition) is 4. The molecule has 1 amide bonds. The Morgan fingerprint density at radius 2 is 1.90 bits per heavy atom. The third kappa shape index (κ3) is 1.85. The van der Waals surface area contributed by atoms with Crippen molar-refractivity contribution in [3.05, 3.63) is 23.8 Å². The number of fused-ring (bicyclic) bond motifs is 1. The number of hydrogen-bond donors (Lipinski definition) is 1. The van der Waals surface area contributed by atoms with E-state index in [1.165, 1.54) is 12.8 Å². The molecule has 0 atom stereocenters. The van der Waals surface area contributed by atoms with Crippen LogP contribution in [0, 0.1) is 5.92 Å². The number of carbonyl (C=O) groups is 1. The predicted molar refractivity (Wildman–Crippen MR) is 73.0 cm³/mol. The minimum atomic E-state index is -0.135. The fourth-order valence-corrected chi connectivity index (χ4v) is 3.08. The molecule has 1 aliphatic carbocycles. The van der Waals surface area contributed by atoms with Crippen molar-refractivity contribution < 1.29 is 14.3 Å². The highest BCUT2D eigenvalue weighted by molar-refractivity contribution is 5.95. The van der Waals surface area contributed by atoms with Crippen LogP contribution in [-0.2, 0) is 0 Å². The largest absolute Gasteiger partial charge is 0.486 e. The highest BCUT2D eigenvalue weighted by Crippen LogP contribution is 2.43. The Kier molecular flexibility index (Phi) is 2.48. The monoisotopic (exact) mass is 274 g/mol. The van der Waals surface area contributed by atoms with Crippen molar-refractivity contribution >= 4 is 5.91 Å². The lowest BCUT2D eigenvalue weighted by atomic mass is 9.85. The van der Waals surface area contributed by atoms with Crippen molar-refractivity contribution in [1.29, 1.82) is 0 Å². The number of likely N-dealkylation sites (tertiary alicyclic amines) is 1. The van der Waals surface area contributed by atoms with E-state index in [2.05, 4.69) is 0 Å². The fraction of sp³-hybridized carbons (Fsp3) is 0.533. The van der Waals surface area contributed by atoms with Gasteiger partial charge in [-0.2, -0.15) is 0 Å². The zero-order valence-corrected chi connectivity index (χ0v) is 11.3. The summed E-state index contributed by atoms with van der Waals surface area (Å²) < 4.78 is 11.0. The van der Waals surface area contributed by atoms with Crippen LogP contribution in [0.25, 0.3) is 0 Å². The lowest BCUT2D eigenvalue weighted by Gasteiger charge is -2.48. The zero-order valence-electron chi connectivity index (χ0n) is 11.3. The molecule has 2 N–H and O–H groups in total. The Morgan fingerprint density at radius 3 is 2.60 bits per heavy atom. The highest BCUT2D eigenvalue weighted by atomic mass is 16.6. The summed E-state index contributed by atoms with van der Waals surface area (Å²) in [6, 6.07) is 5.37. The minimum Gasteiger partial charge on any atom is -0.486 e. The van der Waals surface area contributed by atoms with E-state index in [0.717, 1.165) is 0 Å². The average molecular weight is 274 g/mol. The Bertz CT molecular complexity index is 562. The summed E-state index contributed by atoms with van der Waals surface area (Å²) in [6.45, 7) is 2.43. The number of rotatable bonds is 2. The van der Waals surface area contributed by atoms with Crippen LogP contribution in [-0.4, -0.2) is 42.6 Å². The maximum Gasteiger partial charge on any atom is 0.254 e. The summed E-state index contributed by atoms with van der Waals surface area (Å²) >= 11 is 0. The molecule has 2 heterocycles. The van der Waals surface area contributed by atoms with Gasteiger partial charge in [0.25, 0.3) is 5.91 Å². The fourth-order valence-electron chi connectivity index (χ4n) is 3.08. The van der Waals surface area contributed by atoms with Gasteiger partial charge in [0.05, 0.1) is 5.54 Å². The molecule has 0 radical (unpaired) electrons. The number of amides is 1. The average Bonchev–Trinajstić information content (AvgIpc) is 3.27. The van der Waals surface area contributed by atoms with Gasteiger partial charge < -0.3 is 20.1 Å². The maximum absolute atomic E-state index is 12.4. The molecular weight excluding hydrogens is 256 g/mol. The van der Waals surface area contributed by atoms with Crippen molar-refractivity contribution in [3.8, 4) is 11.5 Å². The summed E-state index contributed by atoms with van der Waals surface area (Å²) in [6.07, 6.45) is 2.42. The van der Waals surface area contributed by atoms with Crippen LogP contribution < -0.4 is 15.2 Å². The molecule has 1 aromatic carbocycles. The molecule has 4 rings (SSSR count). The van der Waals surface area contributed by atoms with Gasteiger partial charge in [0.15, 0.2) is 11.5 Å². The topological polar surface area (TPSA) is 64.8 Å². The zero-order chi connectivity index (χ0) is 13.7. The second-order valence-corrected chi connectivity index (χ2v) is 6.03. The molecule has 0 bridgehead atoms. The summed E-state index contributed by atoms with van der Waals surface area (Å²) in [5.74, 6) is 2.02. The van der Waals surface area contributed by atoms with E-state index in [0.29, 0.717) is 49.3 Å². The molecule has 2 aliphatic heterocycles. The van der Waals surface area contributed by atoms with Gasteiger partial charge in [-0.05, 0) is 37.0 Å². The highest BCUT2D eigenvalue weighted by Gasteiger charge is 2.51. The first-order chi connectivity index (χ1) is 9.66. The molecule has 1 saturated heterocycles. The summed E-state index contributed by atoms with van der Waals surface area (Å²) in [4.78, 5) is 14.2. The molecule has 3 aliphatic rings. The maximum atomic E-state index is 12.4. The Morgan fingerprint density at radius 1 is 1.20 bits per heavy atom. The second-order valence-electron chi connectivity index (χ2n) is 6.03. The summed E-state index contributed by atoms with van der Waals surface area (Å²) in [7, 11) is 0. The van der Waals surface area contributed by atoms with E-state index in [1.54, 1.807) is 18.2 Å². The molecule has 0 unspecified atom stereocenters. The van der Waals surface area contributed by atoms with Crippen LogP contribution in [0.1, 0.15) is 23.2 Å². The van der Waals surface area contributed by atoms with Crippen molar-refractivity contribution in [1.82, 2.24) is 4.90 Å². The SMILES string of the molecule is NC1(C2CC2)CN(C(=O)c2ccc3c(c2)OCCO3)C1. The van der Waals surface area contributed by atoms with Gasteiger partial charge in [0, 0.05) is 18.7 Å². The van der Waals surface area contributed by atoms with E-state index in [4.69, 9.17) is 15.2 Å². The van der Waals surface area contributed by atoms with Crippen LogP contribution in [0.5, 0.6) is 11.5 Å². The molecule has 0 aromatic heterocycles. The van der Waals surface area contributed by atoms with Crippen LogP contribution in [0.15, 0.2) is 18.2 Å². The van der Waals surface area contributed by atoms with Crippen molar-refractivity contribution in [3.63, 3.8) is 0 Å². The first kappa shape index (κ1) is 12.0. The third-order valence-electron chi connectivity index (χ3n) is 4.44. The number of nitrogens with zero attached hydrogens (tertiary/aromatic N) is 1. The second kappa shape index (κ2) is 4.12. The van der Waals surface area contributed by atoms with Crippen LogP contribution in [0.2, 0.25) is 0 Å². The molecule has 2 fully saturated rings. The smallest absolute Gasteiger partial charge is 0.254 e. The van der Waals surface area contributed by atoms with Gasteiger partial charge in [-0.25, -0.2) is 0 Å². The normalized spacial score (nSPS) is 23.1. The molecule has 5 nitrogen and oxygen atoms in total. The Labute approximate surface area is 117 Å². The standard InChI is InChI=1S/C15H18N2O3/c16-15(11-2-3-11)8-17(9-15)14(18)10-1-4-12-13(7-10)20-6-5-19-12/h1,4,7,11H,2-3,5-6,8-9,16H2. The third-order valence-corrected chi connectivity index (χ3v) is 4.44. The van der Waals surface area contributed by atoms with E-state index < -0.39 is 0 Å². The van der Waals surface area contributed by atoms with Crippen LogP contribution in [0.3, 0.4) is 0 Å². The van der Waals surface area contributed by atoms with E-state index in [1.807, 2.05) is 4.90 Å². The number of benzene rings is 1. The number of nitrogens with two attached hydrogens (primary N) is 1. The quantitative estimate of drug-likeness (QED) is 0.874. The molecular formula is C15H18N2O3. The van der Waals surface area contributed by atoms with Crippen LogP contribution in [0.4, 0.5) is 0 Å². The van der Waals surface area contributed by atoms with Crippen molar-refractivity contribution in [2.24, 2.45) is 11.7 Å². The van der Waals surface area contributed by atoms with E-state index >= 15 is 0 Å². The lowest BCUT2D eigenvalue weighted by molar-refractivity contribution is 0.0350. The Hall–Kier alpha value is -1.75. The van der Waals surface area contributed by atoms with Gasteiger partial charge in [-0.3, -0.25) is 4.79 Å². The van der Waals surface area contributed by atoms with Gasteiger partial charge in [-0.1, -0.05) is 0 Å². The minimum absolute atomic E-state index is 0.0312.